The fraction of sp³-hybridized carbons (Fsp3) is 0.200. The number of hydrazone groups is 1. The van der Waals surface area contributed by atoms with Gasteiger partial charge in [-0.2, -0.15) is 10.2 Å². The molecule has 0 aliphatic heterocycles. The van der Waals surface area contributed by atoms with Crippen molar-refractivity contribution in [1.29, 1.82) is 0 Å². The normalized spacial score (nSPS) is 12.4. The number of nitrogens with one attached hydrogen (secondary N) is 1. The average molecular weight is 348 g/mol. The number of hydrogen-bond acceptors (Lipinski definition) is 4. The lowest BCUT2D eigenvalue weighted by Crippen LogP contribution is -2.28. The molecule has 132 valence electrons. The van der Waals surface area contributed by atoms with Gasteiger partial charge in [0.05, 0.1) is 5.39 Å². The van der Waals surface area contributed by atoms with E-state index in [4.69, 9.17) is 0 Å². The molecule has 0 aliphatic carbocycles. The zero-order valence-corrected chi connectivity index (χ0v) is 14.7. The van der Waals surface area contributed by atoms with Crippen LogP contribution < -0.4 is 11.0 Å². The van der Waals surface area contributed by atoms with Crippen LogP contribution in [0.25, 0.3) is 10.8 Å². The van der Waals surface area contributed by atoms with Gasteiger partial charge in [0.1, 0.15) is 0 Å². The highest BCUT2D eigenvalue weighted by atomic mass is 16.2. The van der Waals surface area contributed by atoms with Crippen LogP contribution in [0, 0.1) is 0 Å². The molecule has 0 spiro atoms. The number of hydrogen-bond donors (Lipinski definition) is 1. The van der Waals surface area contributed by atoms with Gasteiger partial charge in [0.25, 0.3) is 11.5 Å². The minimum atomic E-state index is -0.445. The Balaban J connectivity index is 1.85. The predicted octanol–water partition coefficient (Wildman–Crippen LogP) is 2.94. The van der Waals surface area contributed by atoms with Crippen LogP contribution >= 0.6 is 0 Å². The van der Waals surface area contributed by atoms with Crippen LogP contribution in [0.15, 0.2) is 64.5 Å². The second-order valence-corrected chi connectivity index (χ2v) is 5.93. The average Bonchev–Trinajstić information content (AvgIpc) is 2.69. The highest BCUT2D eigenvalue weighted by Gasteiger charge is 2.15. The summed E-state index contributed by atoms with van der Waals surface area (Å²) in [4.78, 5) is 24.9. The lowest BCUT2D eigenvalue weighted by molar-refractivity contribution is 0.0949. The van der Waals surface area contributed by atoms with E-state index in [0.717, 1.165) is 5.56 Å². The van der Waals surface area contributed by atoms with E-state index >= 15 is 0 Å². The molecule has 2 aromatic carbocycles. The first-order valence-corrected chi connectivity index (χ1v) is 8.50. The van der Waals surface area contributed by atoms with Crippen molar-refractivity contribution in [1.82, 2.24) is 15.2 Å². The number of aryl methyl sites for hydroxylation is 1. The summed E-state index contributed by atoms with van der Waals surface area (Å²) >= 11 is 0. The first-order valence-electron chi connectivity index (χ1n) is 8.50. The highest BCUT2D eigenvalue weighted by Crippen LogP contribution is 2.14. The maximum atomic E-state index is 12.6. The van der Waals surface area contributed by atoms with Gasteiger partial charge in [0.15, 0.2) is 5.69 Å². The van der Waals surface area contributed by atoms with Crippen LogP contribution in [0.4, 0.5) is 0 Å². The lowest BCUT2D eigenvalue weighted by Gasteiger charge is -2.09. The van der Waals surface area contributed by atoms with E-state index in [1.165, 1.54) is 4.68 Å². The van der Waals surface area contributed by atoms with Gasteiger partial charge < -0.3 is 0 Å². The van der Waals surface area contributed by atoms with Crippen molar-refractivity contribution >= 4 is 22.9 Å². The minimum absolute atomic E-state index is 0.0609. The summed E-state index contributed by atoms with van der Waals surface area (Å²) in [5, 5.41) is 9.24. The summed E-state index contributed by atoms with van der Waals surface area (Å²) in [7, 11) is 0. The van der Waals surface area contributed by atoms with Gasteiger partial charge in [0, 0.05) is 24.1 Å². The Bertz CT molecular complexity index is 1010. The highest BCUT2D eigenvalue weighted by molar-refractivity contribution is 6.04. The maximum absolute atomic E-state index is 12.6. The number of aromatic nitrogens is 2. The number of carbonyl (C=O) groups excluding carboxylic acids is 1. The summed E-state index contributed by atoms with van der Waals surface area (Å²) < 4.78 is 1.29. The number of rotatable bonds is 5. The van der Waals surface area contributed by atoms with Crippen LogP contribution in [0.5, 0.6) is 0 Å². The molecule has 0 bridgehead atoms. The molecule has 1 N–H and O–H groups in total. The molecule has 0 radical (unpaired) electrons. The minimum Gasteiger partial charge on any atom is -0.267 e. The van der Waals surface area contributed by atoms with Crippen LogP contribution in [0.1, 0.15) is 35.8 Å². The third kappa shape index (κ3) is 3.54. The van der Waals surface area contributed by atoms with Crippen molar-refractivity contribution in [2.45, 2.75) is 26.3 Å². The molecule has 1 amide bonds. The van der Waals surface area contributed by atoms with Gasteiger partial charge in [-0.1, -0.05) is 55.5 Å². The molecule has 1 atom stereocenters. The van der Waals surface area contributed by atoms with E-state index in [2.05, 4.69) is 15.6 Å². The lowest BCUT2D eigenvalue weighted by atomic mass is 10.0. The van der Waals surface area contributed by atoms with E-state index in [1.807, 2.05) is 44.2 Å². The third-order valence-electron chi connectivity index (χ3n) is 4.17. The summed E-state index contributed by atoms with van der Waals surface area (Å²) in [6.45, 7) is 4.19. The summed E-state index contributed by atoms with van der Waals surface area (Å²) in [6, 6.07) is 16.8. The van der Waals surface area contributed by atoms with E-state index in [9.17, 15) is 9.59 Å². The fourth-order valence-corrected chi connectivity index (χ4v) is 2.72. The summed E-state index contributed by atoms with van der Waals surface area (Å²) in [5.41, 5.74) is 3.60. The van der Waals surface area contributed by atoms with Gasteiger partial charge >= 0.3 is 0 Å². The Hall–Kier alpha value is -3.28. The molecule has 3 aromatic rings. The number of nitrogens with zero attached hydrogens (tertiary/aromatic N) is 3. The third-order valence-corrected chi connectivity index (χ3v) is 4.17. The molecule has 0 saturated heterocycles. The van der Waals surface area contributed by atoms with E-state index < -0.39 is 5.91 Å². The Morgan fingerprint density at radius 1 is 1.15 bits per heavy atom. The number of benzene rings is 2. The number of fused-ring (bicyclic) bond motifs is 1. The molecule has 0 aliphatic rings. The fourth-order valence-electron chi connectivity index (χ4n) is 2.72. The monoisotopic (exact) mass is 348 g/mol. The zero-order chi connectivity index (χ0) is 18.5. The Morgan fingerprint density at radius 3 is 2.50 bits per heavy atom. The maximum Gasteiger partial charge on any atom is 0.292 e. The largest absolute Gasteiger partial charge is 0.292 e. The van der Waals surface area contributed by atoms with Crippen molar-refractivity contribution in [3.8, 4) is 0 Å². The van der Waals surface area contributed by atoms with Gasteiger partial charge in [-0.15, -0.1) is 0 Å². The Labute approximate surface area is 151 Å². The van der Waals surface area contributed by atoms with E-state index in [-0.39, 0.29) is 17.2 Å². The van der Waals surface area contributed by atoms with Crippen molar-refractivity contribution in [3.05, 3.63) is 76.2 Å². The predicted molar refractivity (Wildman–Crippen MR) is 102 cm³/mol. The molecule has 26 heavy (non-hydrogen) atoms. The SMILES string of the molecule is CCn1nc(C(=O)N/N=C\[C@H](C)c2ccccc2)c2ccccc2c1=O. The molecule has 0 unspecified atom stereocenters. The molecule has 1 aromatic heterocycles. The van der Waals surface area contributed by atoms with Crippen molar-refractivity contribution in [2.24, 2.45) is 5.10 Å². The number of amides is 1. The van der Waals surface area contributed by atoms with Crippen LogP contribution in [-0.4, -0.2) is 21.9 Å². The van der Waals surface area contributed by atoms with E-state index in [1.54, 1.807) is 30.5 Å². The van der Waals surface area contributed by atoms with Crippen LogP contribution in [0.2, 0.25) is 0 Å². The van der Waals surface area contributed by atoms with Crippen molar-refractivity contribution in [2.75, 3.05) is 0 Å². The van der Waals surface area contributed by atoms with Gasteiger partial charge in [-0.3, -0.25) is 9.59 Å². The second kappa shape index (κ2) is 7.74. The molecule has 6 nitrogen and oxygen atoms in total. The quantitative estimate of drug-likeness (QED) is 0.569. The summed E-state index contributed by atoms with van der Waals surface area (Å²) in [5.74, 6) is -0.384. The zero-order valence-electron chi connectivity index (χ0n) is 14.7. The topological polar surface area (TPSA) is 76.3 Å². The van der Waals surface area contributed by atoms with Gasteiger partial charge in [0.2, 0.25) is 0 Å². The molecule has 3 rings (SSSR count). The summed E-state index contributed by atoms with van der Waals surface area (Å²) in [6.07, 6.45) is 1.67. The second-order valence-electron chi connectivity index (χ2n) is 5.93. The van der Waals surface area contributed by atoms with Crippen molar-refractivity contribution in [3.63, 3.8) is 0 Å². The molecule has 0 fully saturated rings. The standard InChI is InChI=1S/C20H20N4O2/c1-3-24-20(26)17-12-8-7-11-16(17)18(23-24)19(25)22-21-13-14(2)15-9-5-4-6-10-15/h4-14H,3H2,1-2H3,(H,22,25)/b21-13-/t14-/m0/s1. The molecule has 6 heteroatoms. The molecule has 1 heterocycles. The Morgan fingerprint density at radius 2 is 1.81 bits per heavy atom. The first kappa shape index (κ1) is 17.5. The van der Waals surface area contributed by atoms with Crippen LogP contribution in [0.3, 0.4) is 0 Å². The Kier molecular flexibility index (Phi) is 5.22. The molecular weight excluding hydrogens is 328 g/mol. The smallest absolute Gasteiger partial charge is 0.267 e. The van der Waals surface area contributed by atoms with E-state index in [0.29, 0.717) is 17.3 Å². The van der Waals surface area contributed by atoms with Gasteiger partial charge in [-0.05, 0) is 18.6 Å². The van der Waals surface area contributed by atoms with Crippen LogP contribution in [-0.2, 0) is 6.54 Å². The molecular formula is C20H20N4O2. The first-order chi connectivity index (χ1) is 12.6. The van der Waals surface area contributed by atoms with Gasteiger partial charge in [-0.25, -0.2) is 10.1 Å². The number of carbonyl (C=O) groups is 1. The molecule has 0 saturated carbocycles. The van der Waals surface area contributed by atoms with Crippen molar-refractivity contribution < 1.29 is 4.79 Å².